The molecule has 1 N–H and O–H groups in total. The Morgan fingerprint density at radius 1 is 1.57 bits per heavy atom. The molecule has 0 spiro atoms. The van der Waals surface area contributed by atoms with Gasteiger partial charge in [0.25, 0.3) is 0 Å². The lowest BCUT2D eigenvalue weighted by atomic mass is 10.2. The summed E-state index contributed by atoms with van der Waals surface area (Å²) >= 11 is 0. The molecule has 82 valence electrons. The lowest BCUT2D eigenvalue weighted by Crippen LogP contribution is -2.43. The average molecular weight is 220 g/mol. The summed E-state index contributed by atoms with van der Waals surface area (Å²) in [6.07, 6.45) is 0.583. The fourth-order valence-electron chi connectivity index (χ4n) is 1.46. The topological polar surface area (TPSA) is 63.6 Å². The second-order valence-corrected chi connectivity index (χ2v) is 6.24. The van der Waals surface area contributed by atoms with Gasteiger partial charge in [0, 0.05) is 17.4 Å². The highest BCUT2D eigenvalue weighted by Gasteiger charge is 2.42. The molecule has 1 aliphatic heterocycles. The quantitative estimate of drug-likeness (QED) is 0.763. The normalized spacial score (nSPS) is 30.2. The molecule has 0 aromatic heterocycles. The summed E-state index contributed by atoms with van der Waals surface area (Å²) in [7, 11) is -1.39. The van der Waals surface area contributed by atoms with Gasteiger partial charge in [-0.2, -0.15) is 0 Å². The summed E-state index contributed by atoms with van der Waals surface area (Å²) in [5.74, 6) is -1.02. The average Bonchev–Trinajstić information content (AvgIpc) is 2.49. The maximum Gasteiger partial charge on any atom is 0.321 e. The highest BCUT2D eigenvalue weighted by atomic mass is 32.2. The molecule has 1 fully saturated rings. The van der Waals surface area contributed by atoms with E-state index in [1.54, 1.807) is 0 Å². The molecule has 0 aromatic carbocycles. The fourth-order valence-corrected chi connectivity index (χ4v) is 3.12. The molecular weight excluding hydrogens is 204 g/mol. The predicted octanol–water partition coefficient (Wildman–Crippen LogP) is 0.776. The van der Waals surface area contributed by atoms with E-state index < -0.39 is 21.5 Å². The molecule has 3 atom stereocenters. The molecule has 1 saturated heterocycles. The monoisotopic (exact) mass is 220 g/mol. The van der Waals surface area contributed by atoms with E-state index in [0.29, 0.717) is 13.0 Å². The number of hydrogen-bond donors (Lipinski definition) is 1. The number of rotatable bonds is 3. The Kier molecular flexibility index (Phi) is 3.32. The van der Waals surface area contributed by atoms with Crippen molar-refractivity contribution in [1.82, 2.24) is 0 Å². The lowest BCUT2D eigenvalue weighted by Gasteiger charge is -2.24. The molecule has 0 bridgehead atoms. The van der Waals surface area contributed by atoms with Crippen molar-refractivity contribution in [2.24, 2.45) is 0 Å². The Labute approximate surface area is 86.1 Å². The standard InChI is InChI=1S/C9H16O4S/c1-6-7(4-5-13-6)14(12)9(2,3)8(10)11/h6-7H,4-5H2,1-3H3,(H,10,11). The number of carboxylic acids is 1. The van der Waals surface area contributed by atoms with Crippen molar-refractivity contribution >= 4 is 16.8 Å². The van der Waals surface area contributed by atoms with E-state index in [-0.39, 0.29) is 11.4 Å². The van der Waals surface area contributed by atoms with Crippen LogP contribution in [0.1, 0.15) is 27.2 Å². The van der Waals surface area contributed by atoms with Crippen molar-refractivity contribution in [2.45, 2.75) is 43.3 Å². The molecule has 0 amide bonds. The Bertz CT molecular complexity index is 262. The molecule has 3 unspecified atom stereocenters. The van der Waals surface area contributed by atoms with Gasteiger partial charge in [-0.05, 0) is 27.2 Å². The van der Waals surface area contributed by atoms with Crippen LogP contribution in [0.2, 0.25) is 0 Å². The molecular formula is C9H16O4S. The molecule has 0 aliphatic carbocycles. The first-order valence-corrected chi connectivity index (χ1v) is 5.84. The Morgan fingerprint density at radius 2 is 2.14 bits per heavy atom. The minimum Gasteiger partial charge on any atom is -0.480 e. The van der Waals surface area contributed by atoms with Crippen LogP contribution in [0.4, 0.5) is 0 Å². The van der Waals surface area contributed by atoms with E-state index >= 15 is 0 Å². The molecule has 5 heteroatoms. The summed E-state index contributed by atoms with van der Waals surface area (Å²) in [6, 6.07) is 0. The molecule has 0 saturated carbocycles. The first-order chi connectivity index (χ1) is 6.37. The van der Waals surface area contributed by atoms with Crippen LogP contribution in [0, 0.1) is 0 Å². The smallest absolute Gasteiger partial charge is 0.321 e. The van der Waals surface area contributed by atoms with Gasteiger partial charge in [0.1, 0.15) is 4.75 Å². The molecule has 0 radical (unpaired) electrons. The van der Waals surface area contributed by atoms with Crippen molar-refractivity contribution in [3.05, 3.63) is 0 Å². The first kappa shape index (κ1) is 11.7. The number of ether oxygens (including phenoxy) is 1. The highest BCUT2D eigenvalue weighted by Crippen LogP contribution is 2.26. The second-order valence-electron chi connectivity index (χ2n) is 4.02. The number of carbonyl (C=O) groups is 1. The predicted molar refractivity (Wildman–Crippen MR) is 53.7 cm³/mol. The molecule has 14 heavy (non-hydrogen) atoms. The molecule has 1 aliphatic rings. The van der Waals surface area contributed by atoms with Gasteiger partial charge in [0.15, 0.2) is 0 Å². The van der Waals surface area contributed by atoms with Crippen molar-refractivity contribution in [3.8, 4) is 0 Å². The van der Waals surface area contributed by atoms with Crippen LogP contribution in [0.25, 0.3) is 0 Å². The van der Waals surface area contributed by atoms with Gasteiger partial charge in [-0.25, -0.2) is 0 Å². The van der Waals surface area contributed by atoms with Gasteiger partial charge in [-0.3, -0.25) is 9.00 Å². The minimum atomic E-state index is -1.39. The summed E-state index contributed by atoms with van der Waals surface area (Å²) in [6.45, 7) is 5.41. The van der Waals surface area contributed by atoms with Gasteiger partial charge >= 0.3 is 5.97 Å². The van der Waals surface area contributed by atoms with Crippen molar-refractivity contribution in [2.75, 3.05) is 6.61 Å². The Morgan fingerprint density at radius 3 is 2.50 bits per heavy atom. The minimum absolute atomic E-state index is 0.102. The van der Waals surface area contributed by atoms with Crippen LogP contribution in [-0.2, 0) is 20.3 Å². The molecule has 1 rings (SSSR count). The molecule has 1 heterocycles. The van der Waals surface area contributed by atoms with E-state index in [9.17, 15) is 9.00 Å². The third-order valence-electron chi connectivity index (χ3n) is 2.60. The van der Waals surface area contributed by atoms with E-state index in [1.165, 1.54) is 13.8 Å². The maximum absolute atomic E-state index is 12.0. The lowest BCUT2D eigenvalue weighted by molar-refractivity contribution is -0.139. The SMILES string of the molecule is CC1OCCC1S(=O)C(C)(C)C(=O)O. The van der Waals surface area contributed by atoms with Crippen molar-refractivity contribution in [1.29, 1.82) is 0 Å². The van der Waals surface area contributed by atoms with E-state index in [0.717, 1.165) is 0 Å². The van der Waals surface area contributed by atoms with E-state index in [4.69, 9.17) is 9.84 Å². The summed E-state index contributed by atoms with van der Waals surface area (Å²) < 4.78 is 16.1. The van der Waals surface area contributed by atoms with Crippen LogP contribution < -0.4 is 0 Å². The summed E-state index contributed by atoms with van der Waals surface area (Å²) in [5, 5.41) is 8.77. The van der Waals surface area contributed by atoms with E-state index in [1.807, 2.05) is 6.92 Å². The van der Waals surface area contributed by atoms with Gasteiger partial charge in [-0.1, -0.05) is 0 Å². The largest absolute Gasteiger partial charge is 0.480 e. The number of hydrogen-bond acceptors (Lipinski definition) is 3. The zero-order valence-corrected chi connectivity index (χ0v) is 9.47. The second kappa shape index (κ2) is 3.98. The van der Waals surface area contributed by atoms with Gasteiger partial charge in [-0.15, -0.1) is 0 Å². The van der Waals surface area contributed by atoms with Gasteiger partial charge in [0.2, 0.25) is 0 Å². The number of aliphatic carboxylic acids is 1. The molecule has 0 aromatic rings. The van der Waals surface area contributed by atoms with Crippen LogP contribution >= 0.6 is 0 Å². The summed E-state index contributed by atoms with van der Waals surface area (Å²) in [5.41, 5.74) is 0. The van der Waals surface area contributed by atoms with Crippen molar-refractivity contribution < 1.29 is 18.8 Å². The van der Waals surface area contributed by atoms with E-state index in [2.05, 4.69) is 0 Å². The number of carboxylic acid groups (broad SMARTS) is 1. The van der Waals surface area contributed by atoms with Crippen LogP contribution in [0.5, 0.6) is 0 Å². The first-order valence-electron chi connectivity index (χ1n) is 4.63. The zero-order valence-electron chi connectivity index (χ0n) is 8.65. The third kappa shape index (κ3) is 1.98. The van der Waals surface area contributed by atoms with Crippen LogP contribution in [-0.4, -0.2) is 38.0 Å². The van der Waals surface area contributed by atoms with Crippen LogP contribution in [0.15, 0.2) is 0 Å². The third-order valence-corrected chi connectivity index (χ3v) is 4.95. The molecule has 4 nitrogen and oxygen atoms in total. The summed E-state index contributed by atoms with van der Waals surface area (Å²) in [4.78, 5) is 10.9. The van der Waals surface area contributed by atoms with Gasteiger partial charge in [0.05, 0.1) is 11.4 Å². The maximum atomic E-state index is 12.0. The zero-order chi connectivity index (χ0) is 10.9. The van der Waals surface area contributed by atoms with Crippen molar-refractivity contribution in [3.63, 3.8) is 0 Å². The Hall–Kier alpha value is -0.420. The fraction of sp³-hybridized carbons (Fsp3) is 0.889. The van der Waals surface area contributed by atoms with Crippen LogP contribution in [0.3, 0.4) is 0 Å². The van der Waals surface area contributed by atoms with Gasteiger partial charge < -0.3 is 9.84 Å². The Balaban J connectivity index is 2.79. The highest BCUT2D eigenvalue weighted by molar-refractivity contribution is 7.87.